The van der Waals surface area contributed by atoms with Crippen LogP contribution < -0.4 is 0 Å². The normalized spacial score (nSPS) is 19.3. The summed E-state index contributed by atoms with van der Waals surface area (Å²) in [7, 11) is 2.13. The summed E-state index contributed by atoms with van der Waals surface area (Å²) in [6.45, 7) is 6.87. The quantitative estimate of drug-likeness (QED) is 0.923. The van der Waals surface area contributed by atoms with Crippen LogP contribution in [0.4, 0.5) is 0 Å². The average Bonchev–Trinajstić information content (AvgIpc) is 2.90. The number of aromatic nitrogens is 2. The topological polar surface area (TPSA) is 52.2 Å². The van der Waals surface area contributed by atoms with Crippen LogP contribution in [0.15, 0.2) is 24.3 Å². The van der Waals surface area contributed by atoms with Crippen molar-refractivity contribution in [1.82, 2.24) is 19.8 Å². The van der Waals surface area contributed by atoms with Crippen LogP contribution in [-0.2, 0) is 11.3 Å². The lowest BCUT2D eigenvalue weighted by atomic mass is 9.96. The number of rotatable bonds is 5. The number of aromatic amines is 1. The Labute approximate surface area is 137 Å². The van der Waals surface area contributed by atoms with Gasteiger partial charge in [-0.05, 0) is 45.4 Å². The number of hydrogen-bond donors (Lipinski definition) is 1. The molecule has 0 aliphatic carbocycles. The van der Waals surface area contributed by atoms with Crippen LogP contribution in [-0.4, -0.2) is 51.9 Å². The molecule has 1 aliphatic heterocycles. The molecule has 1 atom stereocenters. The van der Waals surface area contributed by atoms with E-state index >= 15 is 0 Å². The van der Waals surface area contributed by atoms with Gasteiger partial charge in [-0.1, -0.05) is 12.1 Å². The maximum atomic E-state index is 12.0. The van der Waals surface area contributed by atoms with Crippen molar-refractivity contribution >= 4 is 16.9 Å². The van der Waals surface area contributed by atoms with E-state index < -0.39 is 0 Å². The molecule has 2 heterocycles. The Kier molecular flexibility index (Phi) is 4.66. The van der Waals surface area contributed by atoms with Gasteiger partial charge in [0.2, 0.25) is 5.91 Å². The number of likely N-dealkylation sites (tertiary alicyclic amines) is 1. The van der Waals surface area contributed by atoms with Gasteiger partial charge in [0.05, 0.1) is 17.6 Å². The highest BCUT2D eigenvalue weighted by molar-refractivity contribution is 5.77. The van der Waals surface area contributed by atoms with Crippen LogP contribution in [0, 0.1) is 5.92 Å². The smallest absolute Gasteiger partial charge is 0.222 e. The summed E-state index contributed by atoms with van der Waals surface area (Å²) in [5, 5.41) is 0. The third kappa shape index (κ3) is 3.72. The van der Waals surface area contributed by atoms with Gasteiger partial charge in [-0.2, -0.15) is 0 Å². The number of nitrogens with zero attached hydrogens (tertiary/aromatic N) is 3. The monoisotopic (exact) mass is 314 g/mol. The van der Waals surface area contributed by atoms with E-state index in [1.807, 2.05) is 23.1 Å². The SMILES string of the molecule is CC(C)N1CC(CN(C)Cc2nc3ccccc3[nH]2)CCC1=O. The molecule has 23 heavy (non-hydrogen) atoms. The summed E-state index contributed by atoms with van der Waals surface area (Å²) in [6.07, 6.45) is 1.67. The Morgan fingerprint density at radius 1 is 1.39 bits per heavy atom. The van der Waals surface area contributed by atoms with E-state index in [0.29, 0.717) is 24.3 Å². The zero-order chi connectivity index (χ0) is 16.4. The van der Waals surface area contributed by atoms with Crippen LogP contribution in [0.1, 0.15) is 32.5 Å². The van der Waals surface area contributed by atoms with Crippen molar-refractivity contribution in [2.24, 2.45) is 5.92 Å². The first-order valence-electron chi connectivity index (χ1n) is 8.44. The maximum Gasteiger partial charge on any atom is 0.222 e. The Balaban J connectivity index is 1.58. The van der Waals surface area contributed by atoms with Gasteiger partial charge in [0.25, 0.3) is 0 Å². The lowest BCUT2D eigenvalue weighted by molar-refractivity contribution is -0.136. The molecule has 1 N–H and O–H groups in total. The lowest BCUT2D eigenvalue weighted by Gasteiger charge is -2.36. The minimum Gasteiger partial charge on any atom is -0.341 e. The number of nitrogens with one attached hydrogen (secondary N) is 1. The van der Waals surface area contributed by atoms with E-state index in [1.54, 1.807) is 0 Å². The van der Waals surface area contributed by atoms with Gasteiger partial charge in [0.1, 0.15) is 5.82 Å². The summed E-state index contributed by atoms with van der Waals surface area (Å²) in [6, 6.07) is 8.41. The molecule has 2 aromatic rings. The van der Waals surface area contributed by atoms with E-state index in [9.17, 15) is 4.79 Å². The first-order valence-corrected chi connectivity index (χ1v) is 8.44. The molecule has 5 heteroatoms. The number of amides is 1. The van der Waals surface area contributed by atoms with Gasteiger partial charge in [-0.25, -0.2) is 4.98 Å². The molecule has 0 saturated carbocycles. The molecule has 124 valence electrons. The van der Waals surface area contributed by atoms with E-state index in [1.165, 1.54) is 0 Å². The molecule has 1 saturated heterocycles. The Morgan fingerprint density at radius 2 is 2.17 bits per heavy atom. The molecule has 0 spiro atoms. The van der Waals surface area contributed by atoms with Crippen LogP contribution in [0.3, 0.4) is 0 Å². The first kappa shape index (κ1) is 16.0. The summed E-state index contributed by atoms with van der Waals surface area (Å²) in [5.41, 5.74) is 2.11. The molecule has 3 rings (SSSR count). The number of imidazole rings is 1. The van der Waals surface area contributed by atoms with Crippen molar-refractivity contribution < 1.29 is 4.79 Å². The third-order valence-electron chi connectivity index (χ3n) is 4.59. The van der Waals surface area contributed by atoms with E-state index in [-0.39, 0.29) is 0 Å². The Hall–Kier alpha value is -1.88. The van der Waals surface area contributed by atoms with Crippen LogP contribution in [0.25, 0.3) is 11.0 Å². The van der Waals surface area contributed by atoms with Crippen molar-refractivity contribution in [3.8, 4) is 0 Å². The standard InChI is InChI=1S/C18H26N4O/c1-13(2)22-11-14(8-9-18(22)23)10-21(3)12-17-19-15-6-4-5-7-16(15)20-17/h4-7,13-14H,8-12H2,1-3H3,(H,19,20). The minimum absolute atomic E-state index is 0.297. The molecule has 1 aliphatic rings. The highest BCUT2D eigenvalue weighted by Gasteiger charge is 2.27. The highest BCUT2D eigenvalue weighted by atomic mass is 16.2. The molecule has 0 bridgehead atoms. The molecule has 5 nitrogen and oxygen atoms in total. The number of H-pyrrole nitrogens is 1. The number of benzene rings is 1. The minimum atomic E-state index is 0.297. The second kappa shape index (κ2) is 6.71. The van der Waals surface area contributed by atoms with Crippen molar-refractivity contribution in [2.45, 2.75) is 39.3 Å². The second-order valence-electron chi connectivity index (χ2n) is 6.94. The van der Waals surface area contributed by atoms with Gasteiger partial charge in [0.15, 0.2) is 0 Å². The first-order chi connectivity index (χ1) is 11.0. The Bertz CT molecular complexity index is 645. The predicted molar refractivity (Wildman–Crippen MR) is 92.0 cm³/mol. The van der Waals surface area contributed by atoms with E-state index in [0.717, 1.165) is 42.9 Å². The summed E-state index contributed by atoms with van der Waals surface area (Å²) >= 11 is 0. The van der Waals surface area contributed by atoms with Gasteiger partial charge in [-0.15, -0.1) is 0 Å². The molecular weight excluding hydrogens is 288 g/mol. The average molecular weight is 314 g/mol. The van der Waals surface area contributed by atoms with E-state index in [2.05, 4.69) is 41.8 Å². The van der Waals surface area contributed by atoms with Crippen molar-refractivity contribution in [3.05, 3.63) is 30.1 Å². The van der Waals surface area contributed by atoms with Crippen LogP contribution >= 0.6 is 0 Å². The fourth-order valence-electron chi connectivity index (χ4n) is 3.43. The molecule has 0 radical (unpaired) electrons. The van der Waals surface area contributed by atoms with Gasteiger partial charge >= 0.3 is 0 Å². The zero-order valence-electron chi connectivity index (χ0n) is 14.2. The van der Waals surface area contributed by atoms with Gasteiger partial charge < -0.3 is 9.88 Å². The number of carbonyl (C=O) groups is 1. The number of carbonyl (C=O) groups excluding carboxylic acids is 1. The fourth-order valence-corrected chi connectivity index (χ4v) is 3.43. The van der Waals surface area contributed by atoms with Gasteiger partial charge in [0, 0.05) is 25.6 Å². The van der Waals surface area contributed by atoms with Crippen molar-refractivity contribution in [1.29, 1.82) is 0 Å². The molecular formula is C18H26N4O. The second-order valence-corrected chi connectivity index (χ2v) is 6.94. The molecule has 1 aromatic heterocycles. The molecule has 1 aromatic carbocycles. The Morgan fingerprint density at radius 3 is 2.91 bits per heavy atom. The lowest BCUT2D eigenvalue weighted by Crippen LogP contribution is -2.46. The van der Waals surface area contributed by atoms with Gasteiger partial charge in [-0.3, -0.25) is 9.69 Å². The van der Waals surface area contributed by atoms with Crippen molar-refractivity contribution in [3.63, 3.8) is 0 Å². The van der Waals surface area contributed by atoms with Crippen LogP contribution in [0.2, 0.25) is 0 Å². The van der Waals surface area contributed by atoms with Crippen molar-refractivity contribution in [2.75, 3.05) is 20.1 Å². The maximum absolute atomic E-state index is 12.0. The number of para-hydroxylation sites is 2. The predicted octanol–water partition coefficient (Wildman–Crippen LogP) is 2.64. The van der Waals surface area contributed by atoms with Crippen LogP contribution in [0.5, 0.6) is 0 Å². The molecule has 1 unspecified atom stereocenters. The summed E-state index contributed by atoms with van der Waals surface area (Å²) < 4.78 is 0. The molecule has 1 fully saturated rings. The molecule has 1 amide bonds. The highest BCUT2D eigenvalue weighted by Crippen LogP contribution is 2.21. The number of hydrogen-bond acceptors (Lipinski definition) is 3. The number of piperidine rings is 1. The third-order valence-corrected chi connectivity index (χ3v) is 4.59. The summed E-state index contributed by atoms with van der Waals surface area (Å²) in [5.74, 6) is 1.85. The zero-order valence-corrected chi connectivity index (χ0v) is 14.2. The van der Waals surface area contributed by atoms with E-state index in [4.69, 9.17) is 0 Å². The summed E-state index contributed by atoms with van der Waals surface area (Å²) in [4.78, 5) is 24.3. The fraction of sp³-hybridized carbons (Fsp3) is 0.556. The largest absolute Gasteiger partial charge is 0.341 e. The number of fused-ring (bicyclic) bond motifs is 1.